The minimum atomic E-state index is -0.251. The fraction of sp³-hybridized carbons (Fsp3) is 0.542. The number of fused-ring (bicyclic) bond motifs is 1. The third kappa shape index (κ3) is 6.55. The van der Waals surface area contributed by atoms with Gasteiger partial charge in [0.25, 0.3) is 5.56 Å². The number of aromatic nitrogens is 1. The Bertz CT molecular complexity index is 855. The van der Waals surface area contributed by atoms with E-state index >= 15 is 0 Å². The zero-order valence-corrected chi connectivity index (χ0v) is 18.4. The standard InChI is InChI=1S/C24H36N2O3/c1-5-9-10-11-12-13-16-28-23-22(29-19(6-2)7-3)20-15-14-18(25-8-4)17-21(20)26-24(23)27/h6,14-15,17,25H,5,7-13,16H2,1-4H3,(H,26,27). The minimum Gasteiger partial charge on any atom is -0.485 e. The van der Waals surface area contributed by atoms with Crippen LogP contribution in [0.5, 0.6) is 11.5 Å². The lowest BCUT2D eigenvalue weighted by atomic mass is 10.1. The Morgan fingerprint density at radius 3 is 2.52 bits per heavy atom. The number of benzene rings is 1. The molecule has 0 unspecified atom stereocenters. The molecular weight excluding hydrogens is 364 g/mol. The Morgan fingerprint density at radius 2 is 1.83 bits per heavy atom. The van der Waals surface area contributed by atoms with Crippen LogP contribution in [0.3, 0.4) is 0 Å². The smallest absolute Gasteiger partial charge is 0.294 e. The molecule has 160 valence electrons. The number of hydrogen-bond donors (Lipinski definition) is 2. The zero-order chi connectivity index (χ0) is 21.1. The Morgan fingerprint density at radius 1 is 1.07 bits per heavy atom. The molecule has 29 heavy (non-hydrogen) atoms. The van der Waals surface area contributed by atoms with Gasteiger partial charge in [-0.05, 0) is 44.5 Å². The van der Waals surface area contributed by atoms with Crippen LogP contribution in [0.1, 0.15) is 72.6 Å². The second-order valence-electron chi connectivity index (χ2n) is 7.23. The highest BCUT2D eigenvalue weighted by Crippen LogP contribution is 2.34. The highest BCUT2D eigenvalue weighted by Gasteiger charge is 2.17. The molecule has 5 heteroatoms. The number of allylic oxidation sites excluding steroid dienone is 2. The van der Waals surface area contributed by atoms with Crippen molar-refractivity contribution in [3.63, 3.8) is 0 Å². The molecule has 0 saturated carbocycles. The third-order valence-corrected chi connectivity index (χ3v) is 4.95. The summed E-state index contributed by atoms with van der Waals surface area (Å²) in [6.07, 6.45) is 9.71. The molecule has 0 spiro atoms. The van der Waals surface area contributed by atoms with E-state index in [-0.39, 0.29) is 11.3 Å². The average Bonchev–Trinajstić information content (AvgIpc) is 2.72. The van der Waals surface area contributed by atoms with Gasteiger partial charge in [0.05, 0.1) is 17.9 Å². The van der Waals surface area contributed by atoms with Gasteiger partial charge < -0.3 is 19.8 Å². The molecule has 2 rings (SSSR count). The number of rotatable bonds is 13. The second-order valence-corrected chi connectivity index (χ2v) is 7.23. The summed E-state index contributed by atoms with van der Waals surface area (Å²) in [5.74, 6) is 1.60. The summed E-state index contributed by atoms with van der Waals surface area (Å²) in [6.45, 7) is 9.56. The first-order valence-corrected chi connectivity index (χ1v) is 11.0. The van der Waals surface area contributed by atoms with Crippen LogP contribution in [-0.4, -0.2) is 18.1 Å². The third-order valence-electron chi connectivity index (χ3n) is 4.95. The van der Waals surface area contributed by atoms with Gasteiger partial charge in [0.1, 0.15) is 0 Å². The summed E-state index contributed by atoms with van der Waals surface area (Å²) < 4.78 is 12.1. The van der Waals surface area contributed by atoms with Gasteiger partial charge in [-0.15, -0.1) is 0 Å². The second kappa shape index (κ2) is 12.2. The predicted molar refractivity (Wildman–Crippen MR) is 122 cm³/mol. The van der Waals surface area contributed by atoms with Gasteiger partial charge in [-0.25, -0.2) is 0 Å². The molecule has 2 N–H and O–H groups in total. The monoisotopic (exact) mass is 400 g/mol. The van der Waals surface area contributed by atoms with E-state index in [2.05, 4.69) is 17.2 Å². The fourth-order valence-corrected chi connectivity index (χ4v) is 3.32. The largest absolute Gasteiger partial charge is 0.485 e. The van der Waals surface area contributed by atoms with Crippen molar-refractivity contribution in [1.29, 1.82) is 0 Å². The lowest BCUT2D eigenvalue weighted by Gasteiger charge is -2.16. The highest BCUT2D eigenvalue weighted by molar-refractivity contribution is 5.89. The summed E-state index contributed by atoms with van der Waals surface area (Å²) >= 11 is 0. The van der Waals surface area contributed by atoms with Crippen LogP contribution < -0.4 is 20.3 Å². The molecule has 0 aliphatic carbocycles. The van der Waals surface area contributed by atoms with Gasteiger partial charge in [-0.2, -0.15) is 0 Å². The van der Waals surface area contributed by atoms with Crippen LogP contribution in [0.4, 0.5) is 5.69 Å². The molecule has 1 aromatic heterocycles. The van der Waals surface area contributed by atoms with Crippen molar-refractivity contribution in [3.05, 3.63) is 40.4 Å². The van der Waals surface area contributed by atoms with Crippen LogP contribution in [0, 0.1) is 0 Å². The molecule has 1 heterocycles. The molecule has 0 amide bonds. The van der Waals surface area contributed by atoms with Crippen molar-refractivity contribution in [1.82, 2.24) is 4.98 Å². The van der Waals surface area contributed by atoms with E-state index in [0.29, 0.717) is 12.4 Å². The molecule has 0 radical (unpaired) electrons. The Kier molecular flexibility index (Phi) is 9.62. The number of hydrogen-bond acceptors (Lipinski definition) is 4. The van der Waals surface area contributed by atoms with Crippen molar-refractivity contribution in [2.24, 2.45) is 0 Å². The van der Waals surface area contributed by atoms with Crippen LogP contribution in [-0.2, 0) is 0 Å². The summed E-state index contributed by atoms with van der Waals surface area (Å²) in [5.41, 5.74) is 1.45. The Hall–Kier alpha value is -2.43. The van der Waals surface area contributed by atoms with Gasteiger partial charge in [-0.3, -0.25) is 4.79 Å². The van der Waals surface area contributed by atoms with Crippen LogP contribution in [0.15, 0.2) is 34.8 Å². The predicted octanol–water partition coefficient (Wildman–Crippen LogP) is 6.39. The minimum absolute atomic E-state index is 0.251. The number of H-pyrrole nitrogens is 1. The van der Waals surface area contributed by atoms with Crippen LogP contribution in [0.25, 0.3) is 10.9 Å². The number of pyridine rings is 1. The van der Waals surface area contributed by atoms with E-state index in [1.165, 1.54) is 25.7 Å². The fourth-order valence-electron chi connectivity index (χ4n) is 3.32. The first-order chi connectivity index (χ1) is 14.1. The number of aromatic amines is 1. The highest BCUT2D eigenvalue weighted by atomic mass is 16.5. The molecular formula is C24H36N2O3. The van der Waals surface area contributed by atoms with E-state index in [9.17, 15) is 4.79 Å². The van der Waals surface area contributed by atoms with E-state index in [1.807, 2.05) is 45.0 Å². The lowest BCUT2D eigenvalue weighted by molar-refractivity contribution is 0.282. The Labute approximate surface area is 174 Å². The Balaban J connectivity index is 2.28. The number of anilines is 1. The first-order valence-electron chi connectivity index (χ1n) is 11.0. The molecule has 0 saturated heterocycles. The molecule has 1 aromatic carbocycles. The van der Waals surface area contributed by atoms with Gasteiger partial charge in [0.2, 0.25) is 5.75 Å². The molecule has 0 bridgehead atoms. The van der Waals surface area contributed by atoms with Crippen molar-refractivity contribution >= 4 is 16.6 Å². The molecule has 0 atom stereocenters. The maximum atomic E-state index is 12.8. The van der Waals surface area contributed by atoms with Gasteiger partial charge in [0.15, 0.2) is 5.75 Å². The van der Waals surface area contributed by atoms with Crippen molar-refractivity contribution < 1.29 is 9.47 Å². The molecule has 2 aromatic rings. The topological polar surface area (TPSA) is 63.4 Å². The lowest BCUT2D eigenvalue weighted by Crippen LogP contribution is -2.14. The quantitative estimate of drug-likeness (QED) is 0.302. The van der Waals surface area contributed by atoms with E-state index in [0.717, 1.165) is 48.2 Å². The summed E-state index contributed by atoms with van der Waals surface area (Å²) in [6, 6.07) is 5.90. The first kappa shape index (κ1) is 22.9. The van der Waals surface area contributed by atoms with E-state index in [4.69, 9.17) is 9.47 Å². The van der Waals surface area contributed by atoms with E-state index < -0.39 is 0 Å². The number of nitrogens with one attached hydrogen (secondary N) is 2. The van der Waals surface area contributed by atoms with Crippen LogP contribution >= 0.6 is 0 Å². The molecule has 0 fully saturated rings. The zero-order valence-electron chi connectivity index (χ0n) is 18.4. The van der Waals surface area contributed by atoms with E-state index in [1.54, 1.807) is 0 Å². The van der Waals surface area contributed by atoms with Crippen molar-refractivity contribution in [3.8, 4) is 11.5 Å². The SMILES string of the molecule is CC=C(CC)Oc1c(OCCCCCCCC)c(=O)[nH]c2cc(NCC)ccc12. The van der Waals surface area contributed by atoms with Crippen LogP contribution in [0.2, 0.25) is 0 Å². The van der Waals surface area contributed by atoms with Crippen molar-refractivity contribution in [2.75, 3.05) is 18.5 Å². The number of unbranched alkanes of at least 4 members (excludes halogenated alkanes) is 5. The summed E-state index contributed by atoms with van der Waals surface area (Å²) in [7, 11) is 0. The summed E-state index contributed by atoms with van der Waals surface area (Å²) in [4.78, 5) is 15.7. The number of ether oxygens (including phenoxy) is 2. The summed E-state index contributed by atoms with van der Waals surface area (Å²) in [5, 5.41) is 4.12. The molecule has 0 aliphatic rings. The van der Waals surface area contributed by atoms with Gasteiger partial charge >= 0.3 is 0 Å². The van der Waals surface area contributed by atoms with Gasteiger partial charge in [0, 0.05) is 24.0 Å². The van der Waals surface area contributed by atoms with Gasteiger partial charge in [-0.1, -0.05) is 46.0 Å². The normalized spacial score (nSPS) is 11.7. The molecule has 5 nitrogen and oxygen atoms in total. The average molecular weight is 401 g/mol. The maximum absolute atomic E-state index is 12.8. The van der Waals surface area contributed by atoms with Crippen molar-refractivity contribution in [2.45, 2.75) is 72.6 Å². The maximum Gasteiger partial charge on any atom is 0.294 e. The molecule has 0 aliphatic heterocycles.